The van der Waals surface area contributed by atoms with Gasteiger partial charge in [0.1, 0.15) is 0 Å². The van der Waals surface area contributed by atoms with Crippen LogP contribution in [0, 0.1) is 0 Å². The van der Waals surface area contributed by atoms with Gasteiger partial charge in [0, 0.05) is 18.8 Å². The van der Waals surface area contributed by atoms with Gasteiger partial charge >= 0.3 is 0 Å². The van der Waals surface area contributed by atoms with Crippen LogP contribution in [0.15, 0.2) is 23.1 Å². The smallest absolute Gasteiger partial charge is 0.266 e. The van der Waals surface area contributed by atoms with Crippen LogP contribution in [0.4, 0.5) is 0 Å². The molecule has 0 radical (unpaired) electrons. The largest absolute Gasteiger partial charge is 0.268 e. The summed E-state index contributed by atoms with van der Waals surface area (Å²) in [7, 11) is 0. The van der Waals surface area contributed by atoms with Crippen LogP contribution >= 0.6 is 12.6 Å². The Labute approximate surface area is 89.6 Å². The second kappa shape index (κ2) is 6.65. The first-order valence-electron chi connectivity index (χ1n) is 4.97. The van der Waals surface area contributed by atoms with E-state index in [4.69, 9.17) is 0 Å². The van der Waals surface area contributed by atoms with Crippen LogP contribution in [0.5, 0.6) is 0 Å². The van der Waals surface area contributed by atoms with Gasteiger partial charge in [-0.3, -0.25) is 4.79 Å². The molecule has 4 heteroatoms. The molecule has 1 rings (SSSR count). The molecular formula is C10H16N2OS. The van der Waals surface area contributed by atoms with Gasteiger partial charge in [0.25, 0.3) is 5.56 Å². The molecule has 0 fully saturated rings. The fraction of sp³-hybridized carbons (Fsp3) is 0.600. The van der Waals surface area contributed by atoms with Crippen LogP contribution in [-0.2, 0) is 6.54 Å². The minimum atomic E-state index is -0.0123. The van der Waals surface area contributed by atoms with Gasteiger partial charge in [-0.05, 0) is 24.7 Å². The summed E-state index contributed by atoms with van der Waals surface area (Å²) in [5.74, 6) is 0.948. The van der Waals surface area contributed by atoms with Gasteiger partial charge in [0.05, 0.1) is 0 Å². The molecule has 1 aromatic rings. The molecule has 0 aliphatic carbocycles. The fourth-order valence-corrected chi connectivity index (χ4v) is 1.51. The highest BCUT2D eigenvalue weighted by molar-refractivity contribution is 7.80. The molecule has 0 aliphatic rings. The van der Waals surface area contributed by atoms with E-state index in [1.54, 1.807) is 18.3 Å². The number of aryl methyl sites for hydroxylation is 1. The summed E-state index contributed by atoms with van der Waals surface area (Å²) >= 11 is 4.14. The summed E-state index contributed by atoms with van der Waals surface area (Å²) in [6.45, 7) is 0.728. The van der Waals surface area contributed by atoms with Crippen molar-refractivity contribution in [3.05, 3.63) is 28.7 Å². The third-order valence-corrected chi connectivity index (χ3v) is 2.38. The van der Waals surface area contributed by atoms with Gasteiger partial charge in [-0.25, -0.2) is 4.68 Å². The van der Waals surface area contributed by atoms with E-state index >= 15 is 0 Å². The minimum absolute atomic E-state index is 0.0123. The standard InChI is InChI=1S/C10H16N2OS/c13-10-6-5-7-11-12(10)8-3-1-2-4-9-14/h5-7,14H,1-4,8-9H2. The Morgan fingerprint density at radius 2 is 2.07 bits per heavy atom. The molecule has 1 aromatic heterocycles. The molecule has 0 atom stereocenters. The summed E-state index contributed by atoms with van der Waals surface area (Å²) in [6, 6.07) is 3.21. The fourth-order valence-electron chi connectivity index (χ4n) is 1.28. The van der Waals surface area contributed by atoms with Crippen molar-refractivity contribution in [2.75, 3.05) is 5.75 Å². The van der Waals surface area contributed by atoms with E-state index in [0.29, 0.717) is 0 Å². The van der Waals surface area contributed by atoms with Crippen molar-refractivity contribution in [1.29, 1.82) is 0 Å². The van der Waals surface area contributed by atoms with Crippen molar-refractivity contribution in [3.8, 4) is 0 Å². The van der Waals surface area contributed by atoms with Crippen molar-refractivity contribution in [2.45, 2.75) is 32.2 Å². The highest BCUT2D eigenvalue weighted by atomic mass is 32.1. The first-order valence-corrected chi connectivity index (χ1v) is 5.61. The van der Waals surface area contributed by atoms with Gasteiger partial charge in [0.15, 0.2) is 0 Å². The lowest BCUT2D eigenvalue weighted by Crippen LogP contribution is -2.21. The number of thiol groups is 1. The average molecular weight is 212 g/mol. The predicted octanol–water partition coefficient (Wildman–Crippen LogP) is 1.73. The molecule has 0 saturated heterocycles. The van der Waals surface area contributed by atoms with Crippen molar-refractivity contribution < 1.29 is 0 Å². The zero-order valence-corrected chi connectivity index (χ0v) is 9.12. The molecule has 0 unspecified atom stereocenters. The maximum absolute atomic E-state index is 11.2. The van der Waals surface area contributed by atoms with Gasteiger partial charge in [-0.15, -0.1) is 0 Å². The molecule has 0 saturated carbocycles. The summed E-state index contributed by atoms with van der Waals surface area (Å²) < 4.78 is 1.51. The Morgan fingerprint density at radius 1 is 1.29 bits per heavy atom. The van der Waals surface area contributed by atoms with Crippen molar-refractivity contribution in [2.24, 2.45) is 0 Å². The van der Waals surface area contributed by atoms with Crippen LogP contribution < -0.4 is 5.56 Å². The molecule has 0 spiro atoms. The number of hydrogen-bond acceptors (Lipinski definition) is 3. The maximum atomic E-state index is 11.2. The topological polar surface area (TPSA) is 34.9 Å². The molecule has 78 valence electrons. The van der Waals surface area contributed by atoms with E-state index in [2.05, 4.69) is 17.7 Å². The van der Waals surface area contributed by atoms with E-state index < -0.39 is 0 Å². The van der Waals surface area contributed by atoms with E-state index in [9.17, 15) is 4.79 Å². The molecule has 0 amide bonds. The third-order valence-electron chi connectivity index (χ3n) is 2.06. The van der Waals surface area contributed by atoms with Crippen molar-refractivity contribution >= 4 is 12.6 Å². The summed E-state index contributed by atoms with van der Waals surface area (Å²) in [4.78, 5) is 11.2. The molecule has 3 nitrogen and oxygen atoms in total. The molecule has 1 heterocycles. The monoisotopic (exact) mass is 212 g/mol. The lowest BCUT2D eigenvalue weighted by Gasteiger charge is -2.02. The van der Waals surface area contributed by atoms with Crippen molar-refractivity contribution in [3.63, 3.8) is 0 Å². The number of aromatic nitrogens is 2. The van der Waals surface area contributed by atoms with Crippen LogP contribution in [0.1, 0.15) is 25.7 Å². The van der Waals surface area contributed by atoms with Crippen molar-refractivity contribution in [1.82, 2.24) is 9.78 Å². The van der Waals surface area contributed by atoms with Crippen LogP contribution in [0.25, 0.3) is 0 Å². The summed E-state index contributed by atoms with van der Waals surface area (Å²) in [5, 5.41) is 3.99. The molecular weight excluding hydrogens is 196 g/mol. The first kappa shape index (κ1) is 11.3. The van der Waals surface area contributed by atoms with Gasteiger partial charge in [-0.1, -0.05) is 12.8 Å². The second-order valence-electron chi connectivity index (χ2n) is 3.22. The van der Waals surface area contributed by atoms with Gasteiger partial charge in [-0.2, -0.15) is 17.7 Å². The minimum Gasteiger partial charge on any atom is -0.268 e. The second-order valence-corrected chi connectivity index (χ2v) is 3.67. The zero-order valence-electron chi connectivity index (χ0n) is 8.22. The molecule has 0 aromatic carbocycles. The number of unbranched alkanes of at least 4 members (excludes halogenated alkanes) is 3. The predicted molar refractivity (Wildman–Crippen MR) is 60.8 cm³/mol. The Kier molecular flexibility index (Phi) is 5.37. The Morgan fingerprint density at radius 3 is 2.79 bits per heavy atom. The Bertz CT molecular complexity index is 311. The highest BCUT2D eigenvalue weighted by Gasteiger charge is 1.94. The van der Waals surface area contributed by atoms with Crippen LogP contribution in [0.3, 0.4) is 0 Å². The maximum Gasteiger partial charge on any atom is 0.266 e. The third kappa shape index (κ3) is 3.96. The van der Waals surface area contributed by atoms with E-state index in [1.807, 2.05) is 0 Å². The highest BCUT2D eigenvalue weighted by Crippen LogP contribution is 2.01. The lowest BCUT2D eigenvalue weighted by molar-refractivity contribution is 0.520. The van der Waals surface area contributed by atoms with E-state index in [0.717, 1.165) is 31.6 Å². The molecule has 0 aliphatic heterocycles. The molecule has 0 N–H and O–H groups in total. The van der Waals surface area contributed by atoms with Gasteiger partial charge in [0.2, 0.25) is 0 Å². The van der Waals surface area contributed by atoms with Gasteiger partial charge < -0.3 is 0 Å². The average Bonchev–Trinajstić information content (AvgIpc) is 2.20. The zero-order chi connectivity index (χ0) is 10.2. The first-order chi connectivity index (χ1) is 6.84. The number of nitrogens with zero attached hydrogens (tertiary/aromatic N) is 2. The lowest BCUT2D eigenvalue weighted by atomic mass is 10.2. The normalized spacial score (nSPS) is 10.4. The van der Waals surface area contributed by atoms with Crippen LogP contribution in [-0.4, -0.2) is 15.5 Å². The Hall–Kier alpha value is -0.770. The molecule has 14 heavy (non-hydrogen) atoms. The SMILES string of the molecule is O=c1cccnn1CCCCCCS. The number of rotatable bonds is 6. The van der Waals surface area contributed by atoms with E-state index in [1.165, 1.54) is 11.1 Å². The summed E-state index contributed by atoms with van der Waals surface area (Å²) in [6.07, 6.45) is 6.15. The number of hydrogen-bond donors (Lipinski definition) is 1. The quantitative estimate of drug-likeness (QED) is 0.576. The van der Waals surface area contributed by atoms with E-state index in [-0.39, 0.29) is 5.56 Å². The summed E-state index contributed by atoms with van der Waals surface area (Å²) in [5.41, 5.74) is -0.0123. The Balaban J connectivity index is 2.25. The molecule has 0 bridgehead atoms. The van der Waals surface area contributed by atoms with Crippen LogP contribution in [0.2, 0.25) is 0 Å².